The summed E-state index contributed by atoms with van der Waals surface area (Å²) >= 11 is 1.79. The van der Waals surface area contributed by atoms with Gasteiger partial charge in [-0.2, -0.15) is 5.26 Å². The quantitative estimate of drug-likeness (QED) is 0.810. The van der Waals surface area contributed by atoms with Gasteiger partial charge in [0.2, 0.25) is 0 Å². The van der Waals surface area contributed by atoms with Crippen LogP contribution in [0.15, 0.2) is 29.4 Å². The Morgan fingerprint density at radius 2 is 2.33 bits per heavy atom. The van der Waals surface area contributed by atoms with Crippen molar-refractivity contribution in [3.05, 3.63) is 24.4 Å². The van der Waals surface area contributed by atoms with Crippen LogP contribution in [0.3, 0.4) is 0 Å². The summed E-state index contributed by atoms with van der Waals surface area (Å²) in [7, 11) is 0. The highest BCUT2D eigenvalue weighted by molar-refractivity contribution is 7.99. The van der Waals surface area contributed by atoms with Gasteiger partial charge in [-0.05, 0) is 37.3 Å². The lowest BCUT2D eigenvalue weighted by atomic mass is 9.80. The molecule has 96 valence electrons. The van der Waals surface area contributed by atoms with Gasteiger partial charge < -0.3 is 0 Å². The van der Waals surface area contributed by atoms with Crippen molar-refractivity contribution in [2.75, 3.05) is 0 Å². The summed E-state index contributed by atoms with van der Waals surface area (Å²) < 4.78 is 0. The van der Waals surface area contributed by atoms with Crippen molar-refractivity contribution in [2.24, 2.45) is 11.8 Å². The second kappa shape index (κ2) is 6.80. The Morgan fingerprint density at radius 1 is 1.44 bits per heavy atom. The summed E-state index contributed by atoms with van der Waals surface area (Å²) in [5.41, 5.74) is 0. The maximum absolute atomic E-state index is 9.27. The first-order valence-electron chi connectivity index (χ1n) is 6.80. The predicted molar refractivity (Wildman–Crippen MR) is 75.2 cm³/mol. The number of rotatable bonds is 4. The normalized spacial score (nSPS) is 27.7. The molecule has 0 N–H and O–H groups in total. The van der Waals surface area contributed by atoms with Crippen molar-refractivity contribution in [1.82, 2.24) is 4.98 Å². The third kappa shape index (κ3) is 3.49. The molecule has 0 spiro atoms. The summed E-state index contributed by atoms with van der Waals surface area (Å²) in [4.78, 5) is 4.37. The molecule has 1 aliphatic rings. The smallest absolute Gasteiger partial charge is 0.0962 e. The fourth-order valence-electron chi connectivity index (χ4n) is 2.73. The molecule has 1 aromatic rings. The molecule has 1 aliphatic carbocycles. The molecule has 1 heterocycles. The Hall–Kier alpha value is -1.01. The minimum Gasteiger partial charge on any atom is -0.250 e. The average molecular weight is 260 g/mol. The molecule has 3 heteroatoms. The van der Waals surface area contributed by atoms with E-state index in [1.54, 1.807) is 11.8 Å². The van der Waals surface area contributed by atoms with E-state index in [0.29, 0.717) is 5.25 Å². The second-order valence-corrected chi connectivity index (χ2v) is 6.29. The summed E-state index contributed by atoms with van der Waals surface area (Å²) in [6.07, 6.45) is 7.85. The average Bonchev–Trinajstić information content (AvgIpc) is 2.41. The number of aromatic nitrogens is 1. The Kier molecular flexibility index (Phi) is 5.07. The summed E-state index contributed by atoms with van der Waals surface area (Å²) in [6, 6.07) is 8.49. The molecule has 2 nitrogen and oxygen atoms in total. The van der Waals surface area contributed by atoms with E-state index in [1.165, 1.54) is 25.7 Å². The number of nitriles is 1. The highest BCUT2D eigenvalue weighted by Crippen LogP contribution is 2.40. The highest BCUT2D eigenvalue weighted by Gasteiger charge is 2.31. The number of hydrogen-bond donors (Lipinski definition) is 0. The van der Waals surface area contributed by atoms with Gasteiger partial charge in [-0.15, -0.1) is 11.8 Å². The van der Waals surface area contributed by atoms with E-state index < -0.39 is 0 Å². The fourth-order valence-corrected chi connectivity index (χ4v) is 4.05. The maximum Gasteiger partial charge on any atom is 0.0962 e. The first-order valence-corrected chi connectivity index (χ1v) is 7.68. The zero-order chi connectivity index (χ0) is 12.8. The molecule has 0 bridgehead atoms. The van der Waals surface area contributed by atoms with E-state index in [0.717, 1.165) is 17.4 Å². The van der Waals surface area contributed by atoms with Gasteiger partial charge in [0.1, 0.15) is 0 Å². The van der Waals surface area contributed by atoms with Crippen LogP contribution in [-0.2, 0) is 0 Å². The molecular weight excluding hydrogens is 240 g/mol. The van der Waals surface area contributed by atoms with E-state index in [1.807, 2.05) is 24.4 Å². The number of hydrogen-bond acceptors (Lipinski definition) is 3. The molecular formula is C15H20N2S. The fraction of sp³-hybridized carbons (Fsp3) is 0.600. The van der Waals surface area contributed by atoms with Crippen molar-refractivity contribution >= 4 is 11.8 Å². The number of thioether (sulfide) groups is 1. The molecule has 3 unspecified atom stereocenters. The van der Waals surface area contributed by atoms with E-state index >= 15 is 0 Å². The Balaban J connectivity index is 2.00. The van der Waals surface area contributed by atoms with Crippen molar-refractivity contribution in [3.63, 3.8) is 0 Å². The topological polar surface area (TPSA) is 36.7 Å². The van der Waals surface area contributed by atoms with Crippen LogP contribution in [0.5, 0.6) is 0 Å². The lowest BCUT2D eigenvalue weighted by Gasteiger charge is -2.32. The van der Waals surface area contributed by atoms with E-state index in [2.05, 4.69) is 18.0 Å². The molecule has 1 saturated carbocycles. The largest absolute Gasteiger partial charge is 0.250 e. The third-order valence-corrected chi connectivity index (χ3v) is 4.98. The van der Waals surface area contributed by atoms with Crippen LogP contribution < -0.4 is 0 Å². The van der Waals surface area contributed by atoms with Crippen molar-refractivity contribution in [3.8, 4) is 6.07 Å². The first-order chi connectivity index (χ1) is 8.83. The van der Waals surface area contributed by atoms with Crippen LogP contribution in [0.2, 0.25) is 0 Å². The zero-order valence-corrected chi connectivity index (χ0v) is 11.7. The molecule has 0 aromatic carbocycles. The summed E-state index contributed by atoms with van der Waals surface area (Å²) in [6.45, 7) is 2.25. The van der Waals surface area contributed by atoms with Crippen LogP contribution in [0.1, 0.15) is 39.0 Å². The predicted octanol–water partition coefficient (Wildman–Crippen LogP) is 4.28. The molecule has 18 heavy (non-hydrogen) atoms. The van der Waals surface area contributed by atoms with Gasteiger partial charge in [-0.3, -0.25) is 0 Å². The van der Waals surface area contributed by atoms with Gasteiger partial charge in [-0.25, -0.2) is 4.98 Å². The van der Waals surface area contributed by atoms with E-state index in [4.69, 9.17) is 0 Å². The molecule has 0 amide bonds. The van der Waals surface area contributed by atoms with Crippen LogP contribution in [-0.4, -0.2) is 10.2 Å². The Labute approximate surface area is 114 Å². The molecule has 0 radical (unpaired) electrons. The number of pyridine rings is 1. The molecule has 3 atom stereocenters. The molecule has 0 aliphatic heterocycles. The van der Waals surface area contributed by atoms with Crippen LogP contribution in [0, 0.1) is 23.2 Å². The van der Waals surface area contributed by atoms with Crippen LogP contribution in [0.4, 0.5) is 0 Å². The summed E-state index contributed by atoms with van der Waals surface area (Å²) in [5, 5.41) is 10.8. The van der Waals surface area contributed by atoms with Gasteiger partial charge in [0.15, 0.2) is 0 Å². The molecule has 2 rings (SSSR count). The van der Waals surface area contributed by atoms with E-state index in [-0.39, 0.29) is 5.92 Å². The first kappa shape index (κ1) is 13.4. The van der Waals surface area contributed by atoms with Gasteiger partial charge in [0.25, 0.3) is 0 Å². The van der Waals surface area contributed by atoms with Crippen molar-refractivity contribution < 1.29 is 0 Å². The van der Waals surface area contributed by atoms with Gasteiger partial charge in [0.05, 0.1) is 17.0 Å². The van der Waals surface area contributed by atoms with Gasteiger partial charge in [-0.1, -0.05) is 25.8 Å². The van der Waals surface area contributed by atoms with Crippen LogP contribution in [0.25, 0.3) is 0 Å². The van der Waals surface area contributed by atoms with Crippen LogP contribution >= 0.6 is 11.8 Å². The van der Waals surface area contributed by atoms with Crippen molar-refractivity contribution in [1.29, 1.82) is 5.26 Å². The van der Waals surface area contributed by atoms with Crippen molar-refractivity contribution in [2.45, 2.75) is 49.3 Å². The minimum absolute atomic E-state index is 0.199. The van der Waals surface area contributed by atoms with Gasteiger partial charge in [0, 0.05) is 11.4 Å². The van der Waals surface area contributed by atoms with E-state index in [9.17, 15) is 5.26 Å². The highest BCUT2D eigenvalue weighted by atomic mass is 32.2. The summed E-state index contributed by atoms with van der Waals surface area (Å²) in [5.74, 6) is 1.01. The maximum atomic E-state index is 9.27. The van der Waals surface area contributed by atoms with Gasteiger partial charge >= 0.3 is 0 Å². The molecule has 1 aromatic heterocycles. The molecule has 0 saturated heterocycles. The number of nitrogens with zero attached hydrogens (tertiary/aromatic N) is 2. The standard InChI is InChI=1S/C15H20N2S/c1-2-5-12-7-8-13(11-16)14(10-12)18-15-6-3-4-9-17-15/h3-4,6,9,12-14H,2,5,7-8,10H2,1H3. The third-order valence-electron chi connectivity index (χ3n) is 3.67. The monoisotopic (exact) mass is 260 g/mol. The lowest BCUT2D eigenvalue weighted by Crippen LogP contribution is -2.26. The minimum atomic E-state index is 0.199. The Bertz CT molecular complexity index is 399. The zero-order valence-electron chi connectivity index (χ0n) is 10.9. The Morgan fingerprint density at radius 3 is 3.00 bits per heavy atom. The molecule has 1 fully saturated rings. The second-order valence-electron chi connectivity index (χ2n) is 5.03. The SMILES string of the molecule is CCCC1CCC(C#N)C(Sc2ccccn2)C1. The lowest BCUT2D eigenvalue weighted by molar-refractivity contribution is 0.306.